The maximum atomic E-state index is 14.2. The highest BCUT2D eigenvalue weighted by molar-refractivity contribution is 5.91. The lowest BCUT2D eigenvalue weighted by molar-refractivity contribution is -0.386. The molecule has 0 radical (unpaired) electrons. The fourth-order valence-corrected chi connectivity index (χ4v) is 9.01. The molecule has 3 fully saturated rings. The van der Waals surface area contributed by atoms with Crippen molar-refractivity contribution >= 4 is 41.8 Å². The Morgan fingerprint density at radius 1 is 0.852 bits per heavy atom. The Hall–Kier alpha value is -4.68. The van der Waals surface area contributed by atoms with Crippen molar-refractivity contribution in [3.05, 3.63) is 29.6 Å². The fourth-order valence-electron chi connectivity index (χ4n) is 9.01. The highest BCUT2D eigenvalue weighted by Crippen LogP contribution is 2.69. The molecule has 18 nitrogen and oxygen atoms in total. The fraction of sp³-hybridized carbons (Fsp3) is 0.667. The van der Waals surface area contributed by atoms with Crippen molar-refractivity contribution in [3.63, 3.8) is 0 Å². The van der Waals surface area contributed by atoms with Gasteiger partial charge in [-0.25, -0.2) is 4.79 Å². The number of aliphatic hydroxyl groups excluding tert-OH is 1. The summed E-state index contributed by atoms with van der Waals surface area (Å²) in [6, 6.07) is 1.51. The van der Waals surface area contributed by atoms with Gasteiger partial charge >= 0.3 is 41.8 Å². The van der Waals surface area contributed by atoms with Gasteiger partial charge in [0.1, 0.15) is 41.5 Å². The molecule has 2 aliphatic heterocycles. The molecule has 54 heavy (non-hydrogen) atoms. The summed E-state index contributed by atoms with van der Waals surface area (Å²) < 4.78 is 47.6. The van der Waals surface area contributed by atoms with Crippen molar-refractivity contribution in [2.45, 2.75) is 122 Å². The monoisotopic (exact) mass is 763 g/mol. The molecule has 1 saturated heterocycles. The molecule has 13 atom stereocenters. The molecule has 4 aliphatic rings. The molecule has 0 aromatic carbocycles. The van der Waals surface area contributed by atoms with Crippen LogP contribution in [0.1, 0.15) is 84.2 Å². The van der Waals surface area contributed by atoms with Crippen molar-refractivity contribution in [1.82, 2.24) is 4.98 Å². The summed E-state index contributed by atoms with van der Waals surface area (Å²) in [5, 5.41) is 25.9. The van der Waals surface area contributed by atoms with Gasteiger partial charge in [-0.3, -0.25) is 33.8 Å². The van der Waals surface area contributed by atoms with Crippen LogP contribution >= 0.6 is 0 Å². The Labute approximate surface area is 310 Å². The number of aliphatic hydroxyl groups is 2. The lowest BCUT2D eigenvalue weighted by atomic mass is 9.45. The van der Waals surface area contributed by atoms with Gasteiger partial charge in [-0.15, -0.1) is 0 Å². The third-order valence-electron chi connectivity index (χ3n) is 11.2. The number of nitrogens with zero attached hydrogens (tertiary/aromatic N) is 1. The van der Waals surface area contributed by atoms with Crippen molar-refractivity contribution in [2.75, 3.05) is 13.2 Å². The first kappa shape index (κ1) is 40.5. The Bertz CT molecular complexity index is 1740. The van der Waals surface area contributed by atoms with E-state index in [1.165, 1.54) is 32.3 Å². The van der Waals surface area contributed by atoms with E-state index in [-0.39, 0.29) is 5.56 Å². The van der Waals surface area contributed by atoms with Crippen LogP contribution in [0.25, 0.3) is 0 Å². The number of carbonyl (C=O) groups excluding carboxylic acids is 7. The lowest BCUT2D eigenvalue weighted by Gasteiger charge is -2.67. The summed E-state index contributed by atoms with van der Waals surface area (Å²) in [4.78, 5) is 96.6. The number of esters is 7. The molecule has 2 N–H and O–H groups in total. The van der Waals surface area contributed by atoms with E-state index in [0.29, 0.717) is 5.56 Å². The predicted molar refractivity (Wildman–Crippen MR) is 176 cm³/mol. The number of ether oxygens (including phenoxy) is 8. The molecule has 2 aliphatic carbocycles. The van der Waals surface area contributed by atoms with Crippen LogP contribution < -0.4 is 0 Å². The topological polar surface area (TPSA) is 247 Å². The number of hydrogen-bond donors (Lipinski definition) is 2. The van der Waals surface area contributed by atoms with E-state index in [9.17, 15) is 43.8 Å². The van der Waals surface area contributed by atoms with Crippen LogP contribution in [-0.2, 0) is 66.7 Å². The summed E-state index contributed by atoms with van der Waals surface area (Å²) in [6.07, 6.45) is -9.27. The standard InChI is InChI=1S/C36H45NO17/c1-15-16(2)31(44)53-28-26(50-19(5)40)30(52-21(7)42)35(14-47-17(3)38)29(51-20(6)41)25(49-18(4)39)24-27(43)36(35,34(28,9)46)54-33(24,8)13-48-32(45)23-12-37-11-10-22(15)23/h10-12,15-16,24-30,43,46H,13-14H2,1-9H3/t15-,16-,24-,25-,26-,27-,28-,29+,30+,33-,34-,35-,36-/m1/s1. The van der Waals surface area contributed by atoms with Gasteiger partial charge in [0.25, 0.3) is 0 Å². The molecule has 18 heteroatoms. The summed E-state index contributed by atoms with van der Waals surface area (Å²) in [7, 11) is 0. The van der Waals surface area contributed by atoms with E-state index in [4.69, 9.17) is 37.9 Å². The Morgan fingerprint density at radius 3 is 1.96 bits per heavy atom. The van der Waals surface area contributed by atoms with Crippen molar-refractivity contribution in [3.8, 4) is 0 Å². The quantitative estimate of drug-likeness (QED) is 0.295. The van der Waals surface area contributed by atoms with Gasteiger partial charge in [0.05, 0.1) is 23.5 Å². The molecule has 1 aromatic heterocycles. The minimum atomic E-state index is -2.77. The normalized spacial score (nSPS) is 39.8. The maximum Gasteiger partial charge on any atom is 0.340 e. The second kappa shape index (κ2) is 14.2. The van der Waals surface area contributed by atoms with Gasteiger partial charge in [0.15, 0.2) is 24.4 Å². The molecule has 296 valence electrons. The Morgan fingerprint density at radius 2 is 1.41 bits per heavy atom. The van der Waals surface area contributed by atoms with Gasteiger partial charge in [-0.1, -0.05) is 13.8 Å². The summed E-state index contributed by atoms with van der Waals surface area (Å²) in [5.74, 6) is -10.3. The SMILES string of the molecule is CC(=O)OC[C@]12[C@@H](OC(C)=O)[C@H](OC(C)=O)[C@@H]3[C@@H](O)[C@]14O[C@]3(C)COC(=O)c1cnccc1[C@H](C)[C@@H](C)C(=O)O[C@H]([C@@H](OC(C)=O)[C@@H]2OC(C)=O)[C@@]4(C)O. The van der Waals surface area contributed by atoms with Crippen LogP contribution in [0.15, 0.2) is 18.5 Å². The molecule has 1 aromatic rings. The summed E-state index contributed by atoms with van der Waals surface area (Å²) >= 11 is 0. The van der Waals surface area contributed by atoms with E-state index in [2.05, 4.69) is 4.98 Å². The van der Waals surface area contributed by atoms with Gasteiger partial charge < -0.3 is 48.1 Å². The summed E-state index contributed by atoms with van der Waals surface area (Å²) in [5.41, 5.74) is -9.74. The molecule has 5 rings (SSSR count). The minimum absolute atomic E-state index is 0.0246. The average Bonchev–Trinajstić information content (AvgIpc) is 3.27. The van der Waals surface area contributed by atoms with Gasteiger partial charge in [0.2, 0.25) is 0 Å². The number of carbonyl (C=O) groups is 7. The largest absolute Gasteiger partial charge is 0.465 e. The third kappa shape index (κ3) is 6.17. The molecule has 3 heterocycles. The van der Waals surface area contributed by atoms with Crippen LogP contribution in [0.2, 0.25) is 0 Å². The number of rotatable bonds is 6. The van der Waals surface area contributed by atoms with Gasteiger partial charge in [0, 0.05) is 47.0 Å². The smallest absolute Gasteiger partial charge is 0.340 e. The number of hydrogen-bond acceptors (Lipinski definition) is 18. The second-order valence-corrected chi connectivity index (χ2v) is 14.8. The van der Waals surface area contributed by atoms with Crippen LogP contribution in [0, 0.1) is 17.3 Å². The Kier molecular flexibility index (Phi) is 10.6. The highest BCUT2D eigenvalue weighted by Gasteiger charge is 2.90. The van der Waals surface area contributed by atoms with Gasteiger partial charge in [-0.2, -0.15) is 0 Å². The van der Waals surface area contributed by atoms with Crippen molar-refractivity contribution < 1.29 is 81.7 Å². The van der Waals surface area contributed by atoms with E-state index in [0.717, 1.165) is 41.5 Å². The number of pyridine rings is 1. The number of aromatic nitrogens is 1. The van der Waals surface area contributed by atoms with Crippen molar-refractivity contribution in [2.24, 2.45) is 17.3 Å². The molecule has 2 saturated carbocycles. The first-order chi connectivity index (χ1) is 25.1. The van der Waals surface area contributed by atoms with Crippen LogP contribution in [0.3, 0.4) is 0 Å². The molecular formula is C36H45NO17. The van der Waals surface area contributed by atoms with Gasteiger partial charge in [-0.05, 0) is 31.4 Å². The molecular weight excluding hydrogens is 718 g/mol. The molecule has 4 bridgehead atoms. The zero-order valence-electron chi connectivity index (χ0n) is 31.3. The van der Waals surface area contributed by atoms with E-state index < -0.39 is 132 Å². The van der Waals surface area contributed by atoms with Crippen LogP contribution in [0.5, 0.6) is 0 Å². The van der Waals surface area contributed by atoms with Crippen LogP contribution in [0.4, 0.5) is 0 Å². The van der Waals surface area contributed by atoms with E-state index >= 15 is 0 Å². The lowest BCUT2D eigenvalue weighted by Crippen LogP contribution is -2.89. The molecule has 0 unspecified atom stereocenters. The average molecular weight is 764 g/mol. The first-order valence-electron chi connectivity index (χ1n) is 17.3. The highest BCUT2D eigenvalue weighted by atomic mass is 16.7. The van der Waals surface area contributed by atoms with Crippen LogP contribution in [-0.4, -0.2) is 124 Å². The molecule has 0 amide bonds. The second-order valence-electron chi connectivity index (χ2n) is 14.8. The minimum Gasteiger partial charge on any atom is -0.465 e. The van der Waals surface area contributed by atoms with E-state index in [1.807, 2.05) is 0 Å². The zero-order valence-corrected chi connectivity index (χ0v) is 31.3. The Balaban J connectivity index is 1.95. The maximum absolute atomic E-state index is 14.2. The summed E-state index contributed by atoms with van der Waals surface area (Å²) in [6.45, 7) is 8.81. The van der Waals surface area contributed by atoms with E-state index in [1.54, 1.807) is 6.92 Å². The predicted octanol–water partition coefficient (Wildman–Crippen LogP) is 0.463. The third-order valence-corrected chi connectivity index (χ3v) is 11.2. The number of cyclic esters (lactones) is 1. The van der Waals surface area contributed by atoms with Crippen molar-refractivity contribution in [1.29, 1.82) is 0 Å². The zero-order chi connectivity index (χ0) is 40.3. The molecule has 1 spiro atoms. The number of fused-ring (bicyclic) bond motifs is 5. The first-order valence-corrected chi connectivity index (χ1v) is 17.3.